The maximum Gasteiger partial charge on any atom is 0.0121 e. The highest BCUT2D eigenvalue weighted by Gasteiger charge is 2.41. The second-order valence-electron chi connectivity index (χ2n) is 3.80. The van der Waals surface area contributed by atoms with Gasteiger partial charge in [0.15, 0.2) is 0 Å². The summed E-state index contributed by atoms with van der Waals surface area (Å²) in [5, 5.41) is 3.56. The maximum absolute atomic E-state index is 3.56. The SMILES string of the molecule is CC.CC12CCCC1NCC2. The fourth-order valence-corrected chi connectivity index (χ4v) is 2.41. The van der Waals surface area contributed by atoms with E-state index in [1.165, 1.54) is 32.2 Å². The van der Waals surface area contributed by atoms with Crippen LogP contribution in [-0.2, 0) is 0 Å². The monoisotopic (exact) mass is 155 g/mol. The molecule has 1 nitrogen and oxygen atoms in total. The van der Waals surface area contributed by atoms with Crippen molar-refractivity contribution in [2.75, 3.05) is 6.54 Å². The number of nitrogens with one attached hydrogen (secondary N) is 1. The first kappa shape index (κ1) is 9.05. The highest BCUT2D eigenvalue weighted by atomic mass is 15.0. The highest BCUT2D eigenvalue weighted by molar-refractivity contribution is 4.98. The molecule has 0 radical (unpaired) electrons. The first-order chi connectivity index (χ1) is 5.31. The third-order valence-corrected chi connectivity index (χ3v) is 3.17. The van der Waals surface area contributed by atoms with Crippen molar-refractivity contribution in [3.05, 3.63) is 0 Å². The third kappa shape index (κ3) is 1.58. The van der Waals surface area contributed by atoms with Crippen LogP contribution >= 0.6 is 0 Å². The van der Waals surface area contributed by atoms with Gasteiger partial charge in [0.05, 0.1) is 0 Å². The lowest BCUT2D eigenvalue weighted by molar-refractivity contribution is 0.324. The second-order valence-corrected chi connectivity index (χ2v) is 3.80. The van der Waals surface area contributed by atoms with Crippen molar-refractivity contribution >= 4 is 0 Å². The van der Waals surface area contributed by atoms with Gasteiger partial charge in [-0.05, 0) is 31.2 Å². The van der Waals surface area contributed by atoms with Crippen molar-refractivity contribution in [1.82, 2.24) is 5.32 Å². The molecule has 66 valence electrons. The highest BCUT2D eigenvalue weighted by Crippen LogP contribution is 2.43. The molecule has 2 rings (SSSR count). The predicted octanol–water partition coefficient (Wildman–Crippen LogP) is 2.56. The van der Waals surface area contributed by atoms with Crippen LogP contribution in [0.3, 0.4) is 0 Å². The van der Waals surface area contributed by atoms with Crippen molar-refractivity contribution < 1.29 is 0 Å². The Morgan fingerprint density at radius 1 is 1.27 bits per heavy atom. The minimum absolute atomic E-state index is 0.694. The number of fused-ring (bicyclic) bond motifs is 1. The van der Waals surface area contributed by atoms with Gasteiger partial charge in [-0.15, -0.1) is 0 Å². The van der Waals surface area contributed by atoms with Crippen molar-refractivity contribution in [1.29, 1.82) is 0 Å². The number of hydrogen-bond donors (Lipinski definition) is 1. The lowest BCUT2D eigenvalue weighted by Gasteiger charge is -2.21. The van der Waals surface area contributed by atoms with Gasteiger partial charge in [0.25, 0.3) is 0 Å². The van der Waals surface area contributed by atoms with Gasteiger partial charge in [-0.3, -0.25) is 0 Å². The fourth-order valence-electron chi connectivity index (χ4n) is 2.41. The largest absolute Gasteiger partial charge is 0.313 e. The Kier molecular flexibility index (Phi) is 2.94. The summed E-state index contributed by atoms with van der Waals surface area (Å²) in [6.07, 6.45) is 5.76. The van der Waals surface area contributed by atoms with Crippen molar-refractivity contribution in [2.45, 2.75) is 52.5 Å². The van der Waals surface area contributed by atoms with Crippen LogP contribution in [0.25, 0.3) is 0 Å². The smallest absolute Gasteiger partial charge is 0.0121 e. The van der Waals surface area contributed by atoms with E-state index in [1.54, 1.807) is 0 Å². The van der Waals surface area contributed by atoms with Crippen LogP contribution in [0.15, 0.2) is 0 Å². The maximum atomic E-state index is 3.56. The van der Waals surface area contributed by atoms with E-state index in [9.17, 15) is 0 Å². The third-order valence-electron chi connectivity index (χ3n) is 3.17. The normalized spacial score (nSPS) is 41.2. The zero-order chi connectivity index (χ0) is 8.32. The fraction of sp³-hybridized carbons (Fsp3) is 1.00. The predicted molar refractivity (Wildman–Crippen MR) is 49.7 cm³/mol. The number of hydrogen-bond acceptors (Lipinski definition) is 1. The van der Waals surface area contributed by atoms with E-state index in [1.807, 2.05) is 13.8 Å². The molecule has 1 aliphatic carbocycles. The molecule has 1 heterocycles. The minimum atomic E-state index is 0.694. The molecule has 1 saturated carbocycles. The molecule has 2 fully saturated rings. The molecule has 2 atom stereocenters. The van der Waals surface area contributed by atoms with Crippen LogP contribution in [-0.4, -0.2) is 12.6 Å². The molecule has 1 heteroatoms. The van der Waals surface area contributed by atoms with E-state index in [0.29, 0.717) is 5.41 Å². The van der Waals surface area contributed by atoms with Gasteiger partial charge in [0, 0.05) is 6.04 Å². The van der Waals surface area contributed by atoms with Crippen LogP contribution in [0.2, 0.25) is 0 Å². The van der Waals surface area contributed by atoms with Gasteiger partial charge in [0.2, 0.25) is 0 Å². The molecule has 11 heavy (non-hydrogen) atoms. The quantitative estimate of drug-likeness (QED) is 0.567. The first-order valence-electron chi connectivity index (χ1n) is 5.05. The average molecular weight is 155 g/mol. The summed E-state index contributed by atoms with van der Waals surface area (Å²) >= 11 is 0. The molecule has 0 aromatic heterocycles. The van der Waals surface area contributed by atoms with Gasteiger partial charge in [-0.25, -0.2) is 0 Å². The molecule has 0 aromatic rings. The summed E-state index contributed by atoms with van der Waals surface area (Å²) in [6.45, 7) is 7.70. The minimum Gasteiger partial charge on any atom is -0.313 e. The van der Waals surface area contributed by atoms with Crippen molar-refractivity contribution in [2.24, 2.45) is 5.41 Å². The van der Waals surface area contributed by atoms with E-state index >= 15 is 0 Å². The van der Waals surface area contributed by atoms with Gasteiger partial charge in [-0.2, -0.15) is 0 Å². The van der Waals surface area contributed by atoms with Gasteiger partial charge in [0.1, 0.15) is 0 Å². The molecule has 0 bridgehead atoms. The average Bonchev–Trinajstić information content (AvgIpc) is 2.49. The lowest BCUT2D eigenvalue weighted by atomic mass is 9.85. The summed E-state index contributed by atoms with van der Waals surface area (Å²) in [5.74, 6) is 0. The summed E-state index contributed by atoms with van der Waals surface area (Å²) in [7, 11) is 0. The van der Waals surface area contributed by atoms with Gasteiger partial charge >= 0.3 is 0 Å². The number of rotatable bonds is 0. The molecule has 0 spiro atoms. The molecule has 1 saturated heterocycles. The molecule has 2 unspecified atom stereocenters. The Morgan fingerprint density at radius 2 is 2.00 bits per heavy atom. The van der Waals surface area contributed by atoms with Crippen LogP contribution in [0, 0.1) is 5.41 Å². The van der Waals surface area contributed by atoms with Gasteiger partial charge < -0.3 is 5.32 Å². The summed E-state index contributed by atoms with van der Waals surface area (Å²) in [6, 6.07) is 0.873. The second kappa shape index (κ2) is 3.57. The van der Waals surface area contributed by atoms with Crippen molar-refractivity contribution in [3.63, 3.8) is 0 Å². The van der Waals surface area contributed by atoms with E-state index in [-0.39, 0.29) is 0 Å². The van der Waals surface area contributed by atoms with E-state index in [0.717, 1.165) is 6.04 Å². The Hall–Kier alpha value is -0.0400. The summed E-state index contributed by atoms with van der Waals surface area (Å²) in [5.41, 5.74) is 0.694. The molecule has 1 N–H and O–H groups in total. The standard InChI is InChI=1S/C8H15N.C2H6/c1-8-4-2-3-7(8)9-6-5-8;1-2/h7,9H,2-6H2,1H3;1-2H3. The van der Waals surface area contributed by atoms with E-state index in [4.69, 9.17) is 0 Å². The van der Waals surface area contributed by atoms with Gasteiger partial charge in [-0.1, -0.05) is 27.2 Å². The van der Waals surface area contributed by atoms with Crippen LogP contribution in [0.1, 0.15) is 46.5 Å². The molecule has 0 amide bonds. The van der Waals surface area contributed by atoms with E-state index < -0.39 is 0 Å². The van der Waals surface area contributed by atoms with Crippen LogP contribution in [0.5, 0.6) is 0 Å². The lowest BCUT2D eigenvalue weighted by Crippen LogP contribution is -2.28. The molecule has 1 aliphatic heterocycles. The van der Waals surface area contributed by atoms with Crippen molar-refractivity contribution in [3.8, 4) is 0 Å². The van der Waals surface area contributed by atoms with Crippen LogP contribution < -0.4 is 5.32 Å². The zero-order valence-electron chi connectivity index (χ0n) is 8.11. The van der Waals surface area contributed by atoms with Crippen LogP contribution in [0.4, 0.5) is 0 Å². The Morgan fingerprint density at radius 3 is 2.64 bits per heavy atom. The summed E-state index contributed by atoms with van der Waals surface area (Å²) < 4.78 is 0. The Labute approximate surface area is 70.6 Å². The molecular formula is C10H21N. The first-order valence-corrected chi connectivity index (χ1v) is 5.05. The van der Waals surface area contributed by atoms with E-state index in [2.05, 4.69) is 12.2 Å². The molecule has 0 aromatic carbocycles. The Bertz CT molecular complexity index is 110. The molecule has 2 aliphatic rings. The topological polar surface area (TPSA) is 12.0 Å². The Balaban J connectivity index is 0.000000281. The summed E-state index contributed by atoms with van der Waals surface area (Å²) in [4.78, 5) is 0. The molecular weight excluding hydrogens is 134 g/mol. The zero-order valence-corrected chi connectivity index (χ0v) is 8.11.